The summed E-state index contributed by atoms with van der Waals surface area (Å²) in [5.41, 5.74) is 0.105. The lowest BCUT2D eigenvalue weighted by atomic mass is 10.1. The Morgan fingerprint density at radius 2 is 1.89 bits per heavy atom. The maximum atomic E-state index is 13.7. The summed E-state index contributed by atoms with van der Waals surface area (Å²) in [6.45, 7) is 1.47. The van der Waals surface area contributed by atoms with Crippen LogP contribution in [-0.2, 0) is 0 Å². The van der Waals surface area contributed by atoms with Crippen LogP contribution < -0.4 is 4.74 Å². The molecule has 0 radical (unpaired) electrons. The maximum absolute atomic E-state index is 13.7. The third-order valence-corrected chi connectivity index (χ3v) is 3.29. The Kier molecular flexibility index (Phi) is 4.30. The lowest BCUT2D eigenvalue weighted by molar-refractivity contribution is 0.190. The maximum Gasteiger partial charge on any atom is 0.136 e. The van der Waals surface area contributed by atoms with Crippen LogP contribution in [0.5, 0.6) is 11.5 Å². The zero-order chi connectivity index (χ0) is 14.0. The molecule has 0 heterocycles. The van der Waals surface area contributed by atoms with Crippen LogP contribution >= 0.6 is 23.2 Å². The average molecular weight is 301 g/mol. The van der Waals surface area contributed by atoms with Crippen LogP contribution in [0.25, 0.3) is 0 Å². The lowest BCUT2D eigenvalue weighted by Gasteiger charge is -2.14. The molecule has 0 bridgehead atoms. The fraction of sp³-hybridized carbons (Fsp3) is 0.143. The van der Waals surface area contributed by atoms with Gasteiger partial charge >= 0.3 is 0 Å². The van der Waals surface area contributed by atoms with Crippen molar-refractivity contribution in [1.29, 1.82) is 0 Å². The van der Waals surface area contributed by atoms with Gasteiger partial charge in [0, 0.05) is 6.07 Å². The molecule has 2 aromatic carbocycles. The molecule has 1 atom stereocenters. The van der Waals surface area contributed by atoms with E-state index in [1.54, 1.807) is 18.2 Å². The highest BCUT2D eigenvalue weighted by atomic mass is 35.5. The molecule has 0 unspecified atom stereocenters. The summed E-state index contributed by atoms with van der Waals surface area (Å²) in [5.74, 6) is 0.142. The molecule has 2 rings (SSSR count). The Morgan fingerprint density at radius 3 is 2.53 bits per heavy atom. The Labute approximate surface area is 120 Å². The van der Waals surface area contributed by atoms with E-state index in [2.05, 4.69) is 0 Å². The summed E-state index contributed by atoms with van der Waals surface area (Å²) in [6, 6.07) is 9.08. The Balaban J connectivity index is 2.38. The van der Waals surface area contributed by atoms with Crippen molar-refractivity contribution >= 4 is 23.2 Å². The quantitative estimate of drug-likeness (QED) is 0.866. The Morgan fingerprint density at radius 1 is 1.16 bits per heavy atom. The molecule has 0 aliphatic rings. The van der Waals surface area contributed by atoms with Crippen molar-refractivity contribution in [2.45, 2.75) is 13.0 Å². The molecule has 0 saturated heterocycles. The van der Waals surface area contributed by atoms with E-state index >= 15 is 0 Å². The van der Waals surface area contributed by atoms with E-state index in [0.717, 1.165) is 0 Å². The number of aliphatic hydroxyl groups excluding tert-OH is 1. The van der Waals surface area contributed by atoms with Crippen molar-refractivity contribution < 1.29 is 14.2 Å². The number of ether oxygens (including phenoxy) is 1. The SMILES string of the molecule is C[C@H](O)c1c(F)cccc1Oc1ccc(Cl)c(Cl)c1. The molecule has 2 aromatic rings. The number of aliphatic hydroxyl groups is 1. The third-order valence-electron chi connectivity index (χ3n) is 2.55. The zero-order valence-corrected chi connectivity index (χ0v) is 11.5. The van der Waals surface area contributed by atoms with Crippen molar-refractivity contribution in [3.8, 4) is 11.5 Å². The average Bonchev–Trinajstić information content (AvgIpc) is 2.33. The van der Waals surface area contributed by atoms with E-state index in [1.165, 1.54) is 25.1 Å². The summed E-state index contributed by atoms with van der Waals surface area (Å²) in [6.07, 6.45) is -0.973. The fourth-order valence-electron chi connectivity index (χ4n) is 1.68. The predicted octanol–water partition coefficient (Wildman–Crippen LogP) is 4.98. The smallest absolute Gasteiger partial charge is 0.136 e. The number of benzene rings is 2. The van der Waals surface area contributed by atoms with Crippen LogP contribution in [0.1, 0.15) is 18.6 Å². The minimum Gasteiger partial charge on any atom is -0.457 e. The molecule has 0 aliphatic carbocycles. The summed E-state index contributed by atoms with van der Waals surface area (Å²) in [4.78, 5) is 0. The van der Waals surface area contributed by atoms with Gasteiger partial charge in [-0.25, -0.2) is 4.39 Å². The molecular formula is C14H11Cl2FO2. The molecule has 0 fully saturated rings. The molecule has 2 nitrogen and oxygen atoms in total. The first-order valence-electron chi connectivity index (χ1n) is 5.58. The Hall–Kier alpha value is -1.29. The minimum absolute atomic E-state index is 0.105. The molecule has 0 amide bonds. The van der Waals surface area contributed by atoms with E-state index in [0.29, 0.717) is 15.8 Å². The summed E-state index contributed by atoms with van der Waals surface area (Å²) < 4.78 is 19.2. The van der Waals surface area contributed by atoms with E-state index in [9.17, 15) is 9.50 Å². The highest BCUT2D eigenvalue weighted by molar-refractivity contribution is 6.42. The number of hydrogen-bond donors (Lipinski definition) is 1. The van der Waals surface area contributed by atoms with Crippen molar-refractivity contribution in [1.82, 2.24) is 0 Å². The van der Waals surface area contributed by atoms with Crippen LogP contribution in [0.15, 0.2) is 36.4 Å². The number of halogens is 3. The number of hydrogen-bond acceptors (Lipinski definition) is 2. The van der Waals surface area contributed by atoms with Gasteiger partial charge in [-0.15, -0.1) is 0 Å². The highest BCUT2D eigenvalue weighted by Crippen LogP contribution is 2.34. The molecule has 5 heteroatoms. The monoisotopic (exact) mass is 300 g/mol. The zero-order valence-electron chi connectivity index (χ0n) is 10.0. The van der Waals surface area contributed by atoms with Gasteiger partial charge in [0.05, 0.1) is 21.7 Å². The van der Waals surface area contributed by atoms with Crippen LogP contribution in [0.3, 0.4) is 0 Å². The summed E-state index contributed by atoms with van der Waals surface area (Å²) >= 11 is 11.7. The van der Waals surface area contributed by atoms with E-state index in [1.807, 2.05) is 0 Å². The normalized spacial score (nSPS) is 12.3. The van der Waals surface area contributed by atoms with Gasteiger partial charge in [-0.1, -0.05) is 29.3 Å². The first-order valence-corrected chi connectivity index (χ1v) is 6.34. The van der Waals surface area contributed by atoms with Crippen molar-refractivity contribution in [3.05, 3.63) is 57.8 Å². The summed E-state index contributed by atoms with van der Waals surface area (Å²) in [5, 5.41) is 10.3. The lowest BCUT2D eigenvalue weighted by Crippen LogP contribution is -1.99. The van der Waals surface area contributed by atoms with Crippen LogP contribution in [-0.4, -0.2) is 5.11 Å². The van der Waals surface area contributed by atoms with Crippen molar-refractivity contribution in [2.75, 3.05) is 0 Å². The van der Waals surface area contributed by atoms with Gasteiger partial charge in [0.1, 0.15) is 17.3 Å². The topological polar surface area (TPSA) is 29.5 Å². The fourth-order valence-corrected chi connectivity index (χ4v) is 1.97. The minimum atomic E-state index is -0.973. The molecule has 100 valence electrons. The van der Waals surface area contributed by atoms with E-state index < -0.39 is 11.9 Å². The first kappa shape index (κ1) is 14.1. The van der Waals surface area contributed by atoms with Gasteiger partial charge in [0.25, 0.3) is 0 Å². The second-order valence-corrected chi connectivity index (χ2v) is 4.82. The molecule has 0 aliphatic heterocycles. The van der Waals surface area contributed by atoms with Gasteiger partial charge in [0.2, 0.25) is 0 Å². The largest absolute Gasteiger partial charge is 0.457 e. The third kappa shape index (κ3) is 3.18. The molecule has 0 aromatic heterocycles. The molecular weight excluding hydrogens is 290 g/mol. The van der Waals surface area contributed by atoms with Crippen LogP contribution in [0.2, 0.25) is 10.0 Å². The van der Waals surface area contributed by atoms with Crippen LogP contribution in [0.4, 0.5) is 4.39 Å². The molecule has 0 spiro atoms. The van der Waals surface area contributed by atoms with Gasteiger partial charge in [-0.2, -0.15) is 0 Å². The second-order valence-electron chi connectivity index (χ2n) is 4.01. The van der Waals surface area contributed by atoms with E-state index in [4.69, 9.17) is 27.9 Å². The first-order chi connectivity index (χ1) is 8.99. The van der Waals surface area contributed by atoms with Crippen molar-refractivity contribution in [2.24, 2.45) is 0 Å². The highest BCUT2D eigenvalue weighted by Gasteiger charge is 2.15. The van der Waals surface area contributed by atoms with Gasteiger partial charge < -0.3 is 9.84 Å². The van der Waals surface area contributed by atoms with Gasteiger partial charge in [-0.3, -0.25) is 0 Å². The van der Waals surface area contributed by atoms with Crippen molar-refractivity contribution in [3.63, 3.8) is 0 Å². The van der Waals surface area contributed by atoms with Crippen LogP contribution in [0, 0.1) is 5.82 Å². The van der Waals surface area contributed by atoms with E-state index in [-0.39, 0.29) is 11.3 Å². The number of rotatable bonds is 3. The molecule has 1 N–H and O–H groups in total. The second kappa shape index (κ2) is 5.78. The Bertz CT molecular complexity index is 600. The van der Waals surface area contributed by atoms with Gasteiger partial charge in [0.15, 0.2) is 0 Å². The predicted molar refractivity (Wildman–Crippen MR) is 73.6 cm³/mol. The van der Waals surface area contributed by atoms with Gasteiger partial charge in [-0.05, 0) is 31.2 Å². The molecule has 0 saturated carbocycles. The standard InChI is InChI=1S/C14H11Cl2FO2/c1-8(18)14-12(17)3-2-4-13(14)19-9-5-6-10(15)11(16)7-9/h2-8,18H,1H3/t8-/m0/s1. The molecule has 19 heavy (non-hydrogen) atoms. The summed E-state index contributed by atoms with van der Waals surface area (Å²) in [7, 11) is 0.